The molecule has 224 valence electrons. The minimum atomic E-state index is -0.920. The lowest BCUT2D eigenvalue weighted by Gasteiger charge is -2.29. The Labute approximate surface area is 250 Å². The standard InChI is InChI=1S/C32H36N6O5/c1-20-26(42-3)10-9-24-27(20)34-28(21-11-13-33-14-12-21)35-30(24)43-23-16-25-29(40)36-32(19-39)17-22(32)8-6-4-5-7-15-37(2)31(41)38(25)18-23/h6,8-14,19,22-23,25H,4-5,7,15-18H2,1-3H3,(H,36,40)/b8-6-/t22-,23-,25+,32+/m1/s1. The summed E-state index contributed by atoms with van der Waals surface area (Å²) in [6, 6.07) is 6.33. The van der Waals surface area contributed by atoms with Crippen molar-refractivity contribution in [2.75, 3.05) is 27.2 Å². The Morgan fingerprint density at radius 3 is 2.70 bits per heavy atom. The van der Waals surface area contributed by atoms with E-state index in [9.17, 15) is 14.4 Å². The van der Waals surface area contributed by atoms with Gasteiger partial charge in [0.15, 0.2) is 5.82 Å². The lowest BCUT2D eigenvalue weighted by molar-refractivity contribution is -0.128. The average molecular weight is 585 g/mol. The molecule has 1 aromatic carbocycles. The van der Waals surface area contributed by atoms with Crippen LogP contribution in [0.25, 0.3) is 22.3 Å². The normalized spacial score (nSPS) is 26.6. The van der Waals surface area contributed by atoms with E-state index in [4.69, 9.17) is 19.4 Å². The summed E-state index contributed by atoms with van der Waals surface area (Å²) in [6.07, 6.45) is 11.2. The summed E-state index contributed by atoms with van der Waals surface area (Å²) in [4.78, 5) is 56.3. The molecule has 2 fully saturated rings. The number of aldehydes is 1. The maximum absolute atomic E-state index is 13.7. The fraction of sp³-hybridized carbons (Fsp3) is 0.438. The maximum atomic E-state index is 13.7. The molecule has 11 heteroatoms. The molecule has 3 amide bonds. The maximum Gasteiger partial charge on any atom is 0.320 e. The molecule has 0 bridgehead atoms. The third-order valence-electron chi connectivity index (χ3n) is 8.72. The van der Waals surface area contributed by atoms with Gasteiger partial charge in [0.25, 0.3) is 0 Å². The van der Waals surface area contributed by atoms with E-state index >= 15 is 0 Å². The van der Waals surface area contributed by atoms with Gasteiger partial charge in [0.05, 0.1) is 24.6 Å². The molecular weight excluding hydrogens is 548 g/mol. The molecule has 4 atom stereocenters. The van der Waals surface area contributed by atoms with E-state index in [-0.39, 0.29) is 30.8 Å². The van der Waals surface area contributed by atoms with Crippen LogP contribution >= 0.6 is 0 Å². The predicted molar refractivity (Wildman–Crippen MR) is 160 cm³/mol. The number of nitrogens with zero attached hydrogens (tertiary/aromatic N) is 5. The first kappa shape index (κ1) is 28.6. The number of carbonyl (C=O) groups is 3. The molecule has 1 saturated carbocycles. The van der Waals surface area contributed by atoms with E-state index in [1.54, 1.807) is 36.4 Å². The number of hydrogen-bond acceptors (Lipinski definition) is 8. The number of carbonyl (C=O) groups excluding carboxylic acids is 3. The van der Waals surface area contributed by atoms with Crippen molar-refractivity contribution < 1.29 is 23.9 Å². The number of rotatable bonds is 5. The lowest BCUT2D eigenvalue weighted by atomic mass is 10.1. The van der Waals surface area contributed by atoms with Crippen LogP contribution in [0.1, 0.15) is 37.7 Å². The number of urea groups is 1. The number of aromatic nitrogens is 3. The zero-order valence-corrected chi connectivity index (χ0v) is 24.7. The quantitative estimate of drug-likeness (QED) is 0.355. The van der Waals surface area contributed by atoms with Crippen LogP contribution in [-0.2, 0) is 9.59 Å². The Morgan fingerprint density at radius 1 is 1.12 bits per heavy atom. The Bertz CT molecular complexity index is 1580. The minimum absolute atomic E-state index is 0.0311. The Morgan fingerprint density at radius 2 is 1.93 bits per heavy atom. The highest BCUT2D eigenvalue weighted by atomic mass is 16.5. The molecule has 1 N–H and O–H groups in total. The fourth-order valence-electron chi connectivity index (χ4n) is 6.08. The van der Waals surface area contributed by atoms with Gasteiger partial charge < -0.3 is 29.4 Å². The van der Waals surface area contributed by atoms with Crippen molar-refractivity contribution in [2.45, 2.75) is 56.7 Å². The highest BCUT2D eigenvalue weighted by molar-refractivity contribution is 5.92. The number of aryl methyl sites for hydroxylation is 1. The minimum Gasteiger partial charge on any atom is -0.496 e. The topological polar surface area (TPSA) is 127 Å². The van der Waals surface area contributed by atoms with Gasteiger partial charge in [-0.1, -0.05) is 12.2 Å². The van der Waals surface area contributed by atoms with Gasteiger partial charge in [-0.25, -0.2) is 9.78 Å². The summed E-state index contributed by atoms with van der Waals surface area (Å²) < 4.78 is 12.1. The molecule has 1 saturated heterocycles. The van der Waals surface area contributed by atoms with E-state index in [2.05, 4.69) is 16.4 Å². The van der Waals surface area contributed by atoms with Crippen molar-refractivity contribution in [1.82, 2.24) is 30.1 Å². The number of nitrogens with one attached hydrogen (secondary N) is 1. The molecule has 6 rings (SSSR count). The van der Waals surface area contributed by atoms with Crippen molar-refractivity contribution in [3.05, 3.63) is 54.4 Å². The number of hydrogen-bond donors (Lipinski definition) is 1. The third-order valence-corrected chi connectivity index (χ3v) is 8.72. The van der Waals surface area contributed by atoms with Crippen LogP contribution in [0.4, 0.5) is 4.79 Å². The van der Waals surface area contributed by atoms with Crippen molar-refractivity contribution >= 4 is 29.1 Å². The number of amides is 3. The summed E-state index contributed by atoms with van der Waals surface area (Å²) >= 11 is 0. The van der Waals surface area contributed by atoms with Gasteiger partial charge in [-0.05, 0) is 56.9 Å². The number of fused-ring (bicyclic) bond motifs is 3. The molecular formula is C32H36N6O5. The van der Waals surface area contributed by atoms with Crippen LogP contribution in [0.3, 0.4) is 0 Å². The Hall–Kier alpha value is -4.54. The number of benzene rings is 1. The van der Waals surface area contributed by atoms with Crippen LogP contribution in [0, 0.1) is 12.8 Å². The highest BCUT2D eigenvalue weighted by Gasteiger charge is 2.55. The largest absolute Gasteiger partial charge is 0.496 e. The highest BCUT2D eigenvalue weighted by Crippen LogP contribution is 2.43. The van der Waals surface area contributed by atoms with Crippen molar-refractivity contribution in [3.63, 3.8) is 0 Å². The summed E-state index contributed by atoms with van der Waals surface area (Å²) in [5.41, 5.74) is 1.38. The molecule has 2 aromatic heterocycles. The zero-order valence-electron chi connectivity index (χ0n) is 24.7. The second-order valence-corrected chi connectivity index (χ2v) is 11.6. The fourth-order valence-corrected chi connectivity index (χ4v) is 6.08. The van der Waals surface area contributed by atoms with Gasteiger partial charge >= 0.3 is 6.03 Å². The average Bonchev–Trinajstić information content (AvgIpc) is 3.54. The van der Waals surface area contributed by atoms with E-state index in [0.29, 0.717) is 41.3 Å². The van der Waals surface area contributed by atoms with Crippen LogP contribution in [-0.4, -0.2) is 87.9 Å². The first-order valence-electron chi connectivity index (χ1n) is 14.7. The zero-order chi connectivity index (χ0) is 30.1. The SMILES string of the molecule is COc1ccc2c(O[C@@H]3C[C@H]4C(=O)N[C@]5(C=O)C[C@H]5/C=C\CCCCN(C)C(=O)N4C3)nc(-c3ccncc3)nc2c1C. The molecule has 0 radical (unpaired) electrons. The third kappa shape index (κ3) is 5.51. The number of pyridine rings is 1. The van der Waals surface area contributed by atoms with Gasteiger partial charge in [0.1, 0.15) is 29.7 Å². The van der Waals surface area contributed by atoms with Gasteiger partial charge in [-0.3, -0.25) is 9.78 Å². The van der Waals surface area contributed by atoms with Crippen LogP contribution in [0.15, 0.2) is 48.8 Å². The lowest BCUT2D eigenvalue weighted by Crippen LogP contribution is -2.53. The van der Waals surface area contributed by atoms with E-state index in [1.807, 2.05) is 37.3 Å². The second-order valence-electron chi connectivity index (χ2n) is 11.6. The first-order chi connectivity index (χ1) is 20.8. The van der Waals surface area contributed by atoms with Crippen molar-refractivity contribution in [1.29, 1.82) is 0 Å². The van der Waals surface area contributed by atoms with Crippen LogP contribution in [0.5, 0.6) is 11.6 Å². The summed E-state index contributed by atoms with van der Waals surface area (Å²) in [6.45, 7) is 2.71. The van der Waals surface area contributed by atoms with Gasteiger partial charge in [-0.15, -0.1) is 0 Å². The van der Waals surface area contributed by atoms with E-state index in [0.717, 1.165) is 36.7 Å². The summed E-state index contributed by atoms with van der Waals surface area (Å²) in [5, 5.41) is 3.67. The molecule has 4 heterocycles. The smallest absolute Gasteiger partial charge is 0.320 e. The molecule has 2 aliphatic heterocycles. The molecule has 11 nitrogen and oxygen atoms in total. The van der Waals surface area contributed by atoms with Gasteiger partial charge in [0.2, 0.25) is 11.8 Å². The van der Waals surface area contributed by atoms with E-state index in [1.165, 1.54) is 0 Å². The Kier molecular flexibility index (Phi) is 7.72. The summed E-state index contributed by atoms with van der Waals surface area (Å²) in [5.74, 6) is 1.14. The number of allylic oxidation sites excluding steroid dienone is 1. The monoisotopic (exact) mass is 584 g/mol. The summed E-state index contributed by atoms with van der Waals surface area (Å²) in [7, 11) is 3.37. The van der Waals surface area contributed by atoms with Crippen LogP contribution in [0.2, 0.25) is 0 Å². The molecule has 0 unspecified atom stereocenters. The molecule has 3 aromatic rings. The van der Waals surface area contributed by atoms with E-state index < -0.39 is 17.7 Å². The van der Waals surface area contributed by atoms with Gasteiger partial charge in [0, 0.05) is 49.5 Å². The molecule has 0 spiro atoms. The van der Waals surface area contributed by atoms with Crippen LogP contribution < -0.4 is 14.8 Å². The number of methoxy groups -OCH3 is 1. The first-order valence-corrected chi connectivity index (χ1v) is 14.7. The Balaban J connectivity index is 1.34. The molecule has 1 aliphatic carbocycles. The van der Waals surface area contributed by atoms with Crippen molar-refractivity contribution in [2.24, 2.45) is 5.92 Å². The predicted octanol–water partition coefficient (Wildman–Crippen LogP) is 3.70. The van der Waals surface area contributed by atoms with Gasteiger partial charge in [-0.2, -0.15) is 4.98 Å². The molecule has 43 heavy (non-hydrogen) atoms. The second kappa shape index (κ2) is 11.6. The molecule has 3 aliphatic rings. The van der Waals surface area contributed by atoms with Crippen molar-refractivity contribution in [3.8, 4) is 23.0 Å². The number of ether oxygens (including phenoxy) is 2.